The zero-order chi connectivity index (χ0) is 19.9. The van der Waals surface area contributed by atoms with Gasteiger partial charge >= 0.3 is 7.82 Å². The first-order valence-electron chi connectivity index (χ1n) is 8.67. The molecular weight excluding hydrogens is 367 g/mol. The summed E-state index contributed by atoms with van der Waals surface area (Å²) in [5.74, 6) is 0.276. The van der Waals surface area contributed by atoms with Gasteiger partial charge in [0.1, 0.15) is 24.4 Å². The average Bonchev–Trinajstić information content (AvgIpc) is 2.54. The summed E-state index contributed by atoms with van der Waals surface area (Å²) < 4.78 is 26.7. The van der Waals surface area contributed by atoms with Crippen LogP contribution in [-0.2, 0) is 18.3 Å². The van der Waals surface area contributed by atoms with Crippen molar-refractivity contribution in [2.75, 3.05) is 13.2 Å². The van der Waals surface area contributed by atoms with Gasteiger partial charge < -0.3 is 30.1 Å². The van der Waals surface area contributed by atoms with E-state index in [1.807, 2.05) is 20.8 Å². The minimum Gasteiger partial charge on any atom is -0.394 e. The Morgan fingerprint density at radius 1 is 1.19 bits per heavy atom. The maximum atomic E-state index is 12.0. The summed E-state index contributed by atoms with van der Waals surface area (Å²) in [6.07, 6.45) is -3.48. The van der Waals surface area contributed by atoms with Gasteiger partial charge in [-0.3, -0.25) is 9.05 Å². The molecule has 5 N–H and O–H groups in total. The van der Waals surface area contributed by atoms with E-state index in [2.05, 4.69) is 6.08 Å². The summed E-state index contributed by atoms with van der Waals surface area (Å²) in [6, 6.07) is 0. The molecule has 0 radical (unpaired) electrons. The highest BCUT2D eigenvalue weighted by Crippen LogP contribution is 2.46. The first-order chi connectivity index (χ1) is 12.1. The highest BCUT2D eigenvalue weighted by atomic mass is 31.2. The van der Waals surface area contributed by atoms with Gasteiger partial charge in [0.05, 0.1) is 13.2 Å². The number of ether oxygens (including phenoxy) is 1. The number of phosphoric acid groups is 1. The van der Waals surface area contributed by atoms with Gasteiger partial charge in [-0.2, -0.15) is 0 Å². The van der Waals surface area contributed by atoms with Gasteiger partial charge in [0.15, 0.2) is 6.29 Å². The molecule has 9 nitrogen and oxygen atoms in total. The van der Waals surface area contributed by atoms with E-state index in [0.29, 0.717) is 6.42 Å². The minimum atomic E-state index is -4.55. The number of rotatable bonds is 10. The van der Waals surface area contributed by atoms with Crippen molar-refractivity contribution in [1.29, 1.82) is 0 Å². The Bertz CT molecular complexity index is 492. The number of hydrogen-bond acceptors (Lipinski definition) is 8. The summed E-state index contributed by atoms with van der Waals surface area (Å²) >= 11 is 0. The first-order valence-corrected chi connectivity index (χ1v) is 10.2. The number of phosphoric ester groups is 1. The van der Waals surface area contributed by atoms with Crippen LogP contribution in [0.4, 0.5) is 0 Å². The second-order valence-electron chi connectivity index (χ2n) is 6.86. The summed E-state index contributed by atoms with van der Waals surface area (Å²) in [6.45, 7) is 5.35. The Morgan fingerprint density at radius 3 is 2.42 bits per heavy atom. The molecule has 154 valence electrons. The third-order valence-corrected chi connectivity index (χ3v) is 5.15. The van der Waals surface area contributed by atoms with E-state index >= 15 is 0 Å². The molecule has 0 aromatic rings. The maximum Gasteiger partial charge on any atom is 0.474 e. The monoisotopic (exact) mass is 398 g/mol. The lowest BCUT2D eigenvalue weighted by Gasteiger charge is -2.39. The average molecular weight is 398 g/mol. The van der Waals surface area contributed by atoms with Crippen LogP contribution in [0.15, 0.2) is 11.6 Å². The molecule has 1 aliphatic heterocycles. The summed E-state index contributed by atoms with van der Waals surface area (Å²) in [5.41, 5.74) is 1.24. The summed E-state index contributed by atoms with van der Waals surface area (Å²) in [7, 11) is -4.55. The Morgan fingerprint density at radius 2 is 1.85 bits per heavy atom. The van der Waals surface area contributed by atoms with Gasteiger partial charge in [0.2, 0.25) is 0 Å². The van der Waals surface area contributed by atoms with Crippen LogP contribution >= 0.6 is 7.82 Å². The lowest BCUT2D eigenvalue weighted by atomic mass is 10.00. The normalized spacial score (nSPS) is 32.7. The van der Waals surface area contributed by atoms with Gasteiger partial charge in [-0.25, -0.2) is 4.57 Å². The van der Waals surface area contributed by atoms with Crippen molar-refractivity contribution in [3.8, 4) is 0 Å². The van der Waals surface area contributed by atoms with Gasteiger partial charge in [0, 0.05) is 0 Å². The Balaban J connectivity index is 2.45. The van der Waals surface area contributed by atoms with Crippen LogP contribution in [0.2, 0.25) is 0 Å². The first kappa shape index (κ1) is 23.7. The Labute approximate surface area is 153 Å². The third kappa shape index (κ3) is 7.72. The molecule has 0 aliphatic carbocycles. The van der Waals surface area contributed by atoms with Crippen molar-refractivity contribution < 1.29 is 43.7 Å². The molecule has 1 fully saturated rings. The van der Waals surface area contributed by atoms with Crippen molar-refractivity contribution in [2.24, 2.45) is 5.92 Å². The standard InChI is InChI=1S/C16H31O9P/c1-10(2)5-4-6-11(3)7-8-23-26(21,22)25-16-15(20)14(19)13(18)12(9-17)24-16/h5,11-20H,4,6-9H2,1-3H3,(H,21,22)/t11?,12-,13-,14+,15-,16-/m1/s1. The summed E-state index contributed by atoms with van der Waals surface area (Å²) in [5, 5.41) is 38.2. The van der Waals surface area contributed by atoms with E-state index in [4.69, 9.17) is 18.9 Å². The Hall–Kier alpha value is -0.350. The molecule has 1 heterocycles. The topological polar surface area (TPSA) is 146 Å². The van der Waals surface area contributed by atoms with E-state index in [-0.39, 0.29) is 12.5 Å². The van der Waals surface area contributed by atoms with E-state index in [9.17, 15) is 24.8 Å². The van der Waals surface area contributed by atoms with Crippen LogP contribution in [0.25, 0.3) is 0 Å². The quantitative estimate of drug-likeness (QED) is 0.265. The van der Waals surface area contributed by atoms with Crippen LogP contribution in [0.1, 0.15) is 40.0 Å². The molecule has 2 unspecified atom stereocenters. The molecule has 26 heavy (non-hydrogen) atoms. The number of allylic oxidation sites excluding steroid dienone is 2. The fourth-order valence-corrected chi connectivity index (χ4v) is 3.32. The predicted octanol–water partition coefficient (Wildman–Crippen LogP) is 0.692. The van der Waals surface area contributed by atoms with E-state index in [1.54, 1.807) is 0 Å². The van der Waals surface area contributed by atoms with Crippen molar-refractivity contribution in [2.45, 2.75) is 70.7 Å². The van der Waals surface area contributed by atoms with Crippen molar-refractivity contribution in [1.82, 2.24) is 0 Å². The molecule has 10 heteroatoms. The SMILES string of the molecule is CC(C)=CCCC(C)CCOP(=O)(O)O[C@H]1O[C@H](CO)[C@@H](O)[C@H](O)[C@H]1O. The zero-order valence-corrected chi connectivity index (χ0v) is 16.3. The van der Waals surface area contributed by atoms with E-state index in [0.717, 1.165) is 12.8 Å². The van der Waals surface area contributed by atoms with E-state index < -0.39 is 45.1 Å². The molecule has 7 atom stereocenters. The smallest absolute Gasteiger partial charge is 0.394 e. The van der Waals surface area contributed by atoms with Gasteiger partial charge in [-0.15, -0.1) is 0 Å². The molecule has 1 aliphatic rings. The number of hydrogen-bond donors (Lipinski definition) is 5. The fourth-order valence-electron chi connectivity index (χ4n) is 2.49. The van der Waals surface area contributed by atoms with Crippen LogP contribution in [-0.4, -0.2) is 69.2 Å². The van der Waals surface area contributed by atoms with Gasteiger partial charge in [-0.05, 0) is 39.0 Å². The van der Waals surface area contributed by atoms with Crippen molar-refractivity contribution in [3.63, 3.8) is 0 Å². The molecule has 0 spiro atoms. The van der Waals surface area contributed by atoms with Crippen LogP contribution in [0.3, 0.4) is 0 Å². The molecule has 1 rings (SSSR count). The molecule has 0 bridgehead atoms. The molecule has 0 aromatic carbocycles. The fraction of sp³-hybridized carbons (Fsp3) is 0.875. The molecule has 0 aromatic heterocycles. The molecule has 1 saturated heterocycles. The third-order valence-electron chi connectivity index (χ3n) is 4.16. The maximum absolute atomic E-state index is 12.0. The largest absolute Gasteiger partial charge is 0.474 e. The second-order valence-corrected chi connectivity index (χ2v) is 8.26. The Kier molecular flexibility index (Phi) is 9.88. The van der Waals surface area contributed by atoms with Crippen molar-refractivity contribution in [3.05, 3.63) is 11.6 Å². The number of aliphatic hydroxyl groups excluding tert-OH is 4. The van der Waals surface area contributed by atoms with Crippen LogP contribution < -0.4 is 0 Å². The van der Waals surface area contributed by atoms with Crippen LogP contribution in [0.5, 0.6) is 0 Å². The molecule has 0 saturated carbocycles. The highest BCUT2D eigenvalue weighted by Gasteiger charge is 2.46. The lowest BCUT2D eigenvalue weighted by molar-refractivity contribution is -0.281. The van der Waals surface area contributed by atoms with Crippen molar-refractivity contribution >= 4 is 7.82 Å². The second kappa shape index (κ2) is 10.8. The van der Waals surface area contributed by atoms with Gasteiger partial charge in [0.25, 0.3) is 0 Å². The predicted molar refractivity (Wildman–Crippen MR) is 93.1 cm³/mol. The minimum absolute atomic E-state index is 0.0266. The van der Waals surface area contributed by atoms with Gasteiger partial charge in [-0.1, -0.05) is 18.6 Å². The van der Waals surface area contributed by atoms with E-state index in [1.165, 1.54) is 5.57 Å². The zero-order valence-electron chi connectivity index (χ0n) is 15.4. The lowest BCUT2D eigenvalue weighted by Crippen LogP contribution is -2.58. The highest BCUT2D eigenvalue weighted by molar-refractivity contribution is 7.47. The summed E-state index contributed by atoms with van der Waals surface area (Å²) in [4.78, 5) is 9.76. The number of aliphatic hydroxyl groups is 4. The molecule has 0 amide bonds. The van der Waals surface area contributed by atoms with Crippen LogP contribution in [0, 0.1) is 5.92 Å². The molecular formula is C16H31O9P.